The molecule has 0 spiro atoms. The molecule has 162 valence electrons. The van der Waals surface area contributed by atoms with Crippen molar-refractivity contribution in [2.75, 3.05) is 25.7 Å². The molecule has 0 bridgehead atoms. The highest BCUT2D eigenvalue weighted by molar-refractivity contribution is 6.35. The lowest BCUT2D eigenvalue weighted by molar-refractivity contribution is 0.0594. The van der Waals surface area contributed by atoms with Crippen molar-refractivity contribution < 1.29 is 18.7 Å². The zero-order chi connectivity index (χ0) is 22.5. The highest BCUT2D eigenvalue weighted by Crippen LogP contribution is 2.36. The molecule has 0 aliphatic rings. The number of methoxy groups -OCH3 is 2. The molecule has 0 aliphatic carbocycles. The number of carbonyl (C=O) groups excluding carboxylic acids is 1. The molecule has 3 aromatic rings. The SMILES string of the molecule is CCN(Cc1ccccc1)c1nc(-c2ccc(Cl)c(OC)c2F)nc(C(=O)OC)c1Cl. The molecule has 0 fully saturated rings. The molecule has 6 nitrogen and oxygen atoms in total. The van der Waals surface area contributed by atoms with Gasteiger partial charge < -0.3 is 14.4 Å². The molecule has 0 aliphatic heterocycles. The van der Waals surface area contributed by atoms with Gasteiger partial charge in [0.15, 0.2) is 28.9 Å². The molecule has 0 saturated carbocycles. The fourth-order valence-electron chi connectivity index (χ4n) is 3.03. The summed E-state index contributed by atoms with van der Waals surface area (Å²) in [5.74, 6) is -1.40. The Morgan fingerprint density at radius 3 is 2.42 bits per heavy atom. The van der Waals surface area contributed by atoms with E-state index in [-0.39, 0.29) is 38.7 Å². The lowest BCUT2D eigenvalue weighted by Crippen LogP contribution is -2.25. The number of ether oxygens (including phenoxy) is 2. The third kappa shape index (κ3) is 4.73. The van der Waals surface area contributed by atoms with E-state index in [1.165, 1.54) is 26.4 Å². The Kier molecular flexibility index (Phi) is 7.30. The summed E-state index contributed by atoms with van der Waals surface area (Å²) in [4.78, 5) is 22.9. The van der Waals surface area contributed by atoms with Gasteiger partial charge in [-0.3, -0.25) is 0 Å². The highest BCUT2D eigenvalue weighted by Gasteiger charge is 2.25. The van der Waals surface area contributed by atoms with Crippen LogP contribution in [0.3, 0.4) is 0 Å². The average Bonchev–Trinajstić information content (AvgIpc) is 2.78. The predicted octanol–water partition coefficient (Wildman–Crippen LogP) is 5.41. The Morgan fingerprint density at radius 1 is 1.10 bits per heavy atom. The van der Waals surface area contributed by atoms with Crippen molar-refractivity contribution in [1.29, 1.82) is 0 Å². The van der Waals surface area contributed by atoms with Gasteiger partial charge in [-0.25, -0.2) is 19.2 Å². The summed E-state index contributed by atoms with van der Waals surface area (Å²) in [7, 11) is 2.52. The zero-order valence-electron chi connectivity index (χ0n) is 17.2. The topological polar surface area (TPSA) is 64.5 Å². The van der Waals surface area contributed by atoms with Crippen LogP contribution < -0.4 is 9.64 Å². The fourth-order valence-corrected chi connectivity index (χ4v) is 3.53. The summed E-state index contributed by atoms with van der Waals surface area (Å²) in [5.41, 5.74) is 0.864. The first-order valence-electron chi connectivity index (χ1n) is 9.38. The molecule has 0 atom stereocenters. The minimum Gasteiger partial charge on any atom is -0.492 e. The van der Waals surface area contributed by atoms with Crippen LogP contribution in [0.5, 0.6) is 5.75 Å². The average molecular weight is 464 g/mol. The number of rotatable bonds is 7. The van der Waals surface area contributed by atoms with Crippen LogP contribution in [-0.2, 0) is 11.3 Å². The molecular formula is C22H20Cl2FN3O3. The Hall–Kier alpha value is -2.90. The molecule has 9 heteroatoms. The van der Waals surface area contributed by atoms with Crippen LogP contribution >= 0.6 is 23.2 Å². The van der Waals surface area contributed by atoms with Gasteiger partial charge >= 0.3 is 5.97 Å². The molecule has 31 heavy (non-hydrogen) atoms. The van der Waals surface area contributed by atoms with Crippen molar-refractivity contribution in [3.8, 4) is 17.1 Å². The number of hydrogen-bond acceptors (Lipinski definition) is 6. The van der Waals surface area contributed by atoms with Crippen LogP contribution in [0.15, 0.2) is 42.5 Å². The summed E-state index contributed by atoms with van der Waals surface area (Å²) in [5, 5.41) is 0.125. The van der Waals surface area contributed by atoms with Crippen molar-refractivity contribution in [2.24, 2.45) is 0 Å². The number of nitrogens with zero attached hydrogens (tertiary/aromatic N) is 3. The summed E-state index contributed by atoms with van der Waals surface area (Å²) >= 11 is 12.5. The molecule has 1 heterocycles. The molecule has 1 aromatic heterocycles. The quantitative estimate of drug-likeness (QED) is 0.436. The van der Waals surface area contributed by atoms with E-state index < -0.39 is 11.8 Å². The van der Waals surface area contributed by atoms with E-state index in [1.807, 2.05) is 42.2 Å². The van der Waals surface area contributed by atoms with Crippen molar-refractivity contribution in [1.82, 2.24) is 9.97 Å². The van der Waals surface area contributed by atoms with E-state index in [4.69, 9.17) is 32.7 Å². The third-order valence-electron chi connectivity index (χ3n) is 4.60. The predicted molar refractivity (Wildman–Crippen MR) is 119 cm³/mol. The van der Waals surface area contributed by atoms with Gasteiger partial charge in [-0.15, -0.1) is 0 Å². The van der Waals surface area contributed by atoms with Crippen LogP contribution in [0.25, 0.3) is 11.4 Å². The van der Waals surface area contributed by atoms with Crippen molar-refractivity contribution >= 4 is 35.0 Å². The minimum absolute atomic E-state index is 0.0140. The Labute approximate surface area is 189 Å². The standard InChI is InChI=1S/C22H20Cl2FN3O3/c1-4-28(12-13-8-6-5-7-9-13)21-16(24)18(22(29)31-3)26-20(27-21)14-10-11-15(23)19(30-2)17(14)25/h5-11H,4,12H2,1-3H3. The first-order valence-corrected chi connectivity index (χ1v) is 10.1. The summed E-state index contributed by atoms with van der Waals surface area (Å²) in [6.45, 7) is 2.92. The normalized spacial score (nSPS) is 10.6. The summed E-state index contributed by atoms with van der Waals surface area (Å²) < 4.78 is 24.9. The number of benzene rings is 2. The van der Waals surface area contributed by atoms with Gasteiger partial charge in [0.05, 0.1) is 24.8 Å². The molecule has 0 amide bonds. The zero-order valence-corrected chi connectivity index (χ0v) is 18.7. The number of halogens is 3. The Balaban J connectivity index is 2.19. The van der Waals surface area contributed by atoms with Crippen LogP contribution in [0.1, 0.15) is 23.0 Å². The van der Waals surface area contributed by atoms with E-state index in [9.17, 15) is 4.79 Å². The molecular weight excluding hydrogens is 444 g/mol. The van der Waals surface area contributed by atoms with Crippen molar-refractivity contribution in [3.05, 3.63) is 69.6 Å². The van der Waals surface area contributed by atoms with Crippen LogP contribution in [0.4, 0.5) is 10.2 Å². The first-order chi connectivity index (χ1) is 14.9. The molecule has 2 aromatic carbocycles. The molecule has 3 rings (SSSR count). The smallest absolute Gasteiger partial charge is 0.358 e. The highest BCUT2D eigenvalue weighted by atomic mass is 35.5. The van der Waals surface area contributed by atoms with Crippen LogP contribution in [-0.4, -0.2) is 36.7 Å². The number of carbonyl (C=O) groups is 1. The van der Waals surface area contributed by atoms with E-state index in [2.05, 4.69) is 9.97 Å². The number of anilines is 1. The minimum atomic E-state index is -0.757. The van der Waals surface area contributed by atoms with E-state index >= 15 is 4.39 Å². The first kappa shape index (κ1) is 22.8. The van der Waals surface area contributed by atoms with E-state index in [0.29, 0.717) is 13.1 Å². The molecule has 0 radical (unpaired) electrons. The van der Waals surface area contributed by atoms with Gasteiger partial charge in [-0.1, -0.05) is 53.5 Å². The number of aromatic nitrogens is 2. The Bertz CT molecular complexity index is 1100. The number of esters is 1. The van der Waals surface area contributed by atoms with Gasteiger partial charge in [0, 0.05) is 13.1 Å². The summed E-state index contributed by atoms with van der Waals surface area (Å²) in [6.07, 6.45) is 0. The van der Waals surface area contributed by atoms with Gasteiger partial charge in [0.1, 0.15) is 5.02 Å². The van der Waals surface area contributed by atoms with Crippen LogP contribution in [0, 0.1) is 5.82 Å². The molecule has 0 N–H and O–H groups in total. The van der Waals surface area contributed by atoms with E-state index in [0.717, 1.165) is 5.56 Å². The monoisotopic (exact) mass is 463 g/mol. The second-order valence-corrected chi connectivity index (χ2v) is 7.25. The van der Waals surface area contributed by atoms with E-state index in [1.54, 1.807) is 0 Å². The van der Waals surface area contributed by atoms with Gasteiger partial charge in [-0.2, -0.15) is 0 Å². The fraction of sp³-hybridized carbons (Fsp3) is 0.227. The third-order valence-corrected chi connectivity index (χ3v) is 5.25. The molecule has 0 saturated heterocycles. The van der Waals surface area contributed by atoms with Gasteiger partial charge in [0.25, 0.3) is 0 Å². The lowest BCUT2D eigenvalue weighted by Gasteiger charge is -2.24. The largest absolute Gasteiger partial charge is 0.492 e. The summed E-state index contributed by atoms with van der Waals surface area (Å²) in [6, 6.07) is 12.6. The second kappa shape index (κ2) is 9.94. The second-order valence-electron chi connectivity index (χ2n) is 6.47. The number of hydrogen-bond donors (Lipinski definition) is 0. The van der Waals surface area contributed by atoms with Crippen molar-refractivity contribution in [2.45, 2.75) is 13.5 Å². The van der Waals surface area contributed by atoms with Crippen molar-refractivity contribution in [3.63, 3.8) is 0 Å². The lowest BCUT2D eigenvalue weighted by atomic mass is 10.1. The maximum atomic E-state index is 15.0. The van der Waals surface area contributed by atoms with Gasteiger partial charge in [0.2, 0.25) is 0 Å². The van der Waals surface area contributed by atoms with Gasteiger partial charge in [-0.05, 0) is 24.6 Å². The Morgan fingerprint density at radius 2 is 1.81 bits per heavy atom. The molecule has 0 unspecified atom stereocenters. The maximum absolute atomic E-state index is 15.0. The maximum Gasteiger partial charge on any atom is 0.358 e. The van der Waals surface area contributed by atoms with Crippen LogP contribution in [0.2, 0.25) is 10.0 Å².